The number of anilines is 2. The SMILES string of the molecule is CC(C)(C)OC(=O)N(C(=O)OC(C)(C)C)c1ncc(N2CCNCC2)nc1C#C[Si](C)(C)C. The minimum absolute atomic E-state index is 0.00290. The first-order valence-corrected chi connectivity index (χ1v) is 14.7. The van der Waals surface area contributed by atoms with Gasteiger partial charge >= 0.3 is 12.2 Å². The van der Waals surface area contributed by atoms with E-state index >= 15 is 0 Å². The van der Waals surface area contributed by atoms with Crippen LogP contribution in [0.3, 0.4) is 0 Å². The van der Waals surface area contributed by atoms with Gasteiger partial charge in [-0.2, -0.15) is 4.90 Å². The van der Waals surface area contributed by atoms with Crippen LogP contribution in [0.1, 0.15) is 47.2 Å². The van der Waals surface area contributed by atoms with Gasteiger partial charge in [-0.3, -0.25) is 0 Å². The minimum atomic E-state index is -1.79. The van der Waals surface area contributed by atoms with Crippen LogP contribution in [0.2, 0.25) is 19.6 Å². The van der Waals surface area contributed by atoms with E-state index in [9.17, 15) is 9.59 Å². The molecule has 0 radical (unpaired) electrons. The van der Waals surface area contributed by atoms with Crippen molar-refractivity contribution in [2.24, 2.45) is 0 Å². The molecule has 0 aliphatic carbocycles. The van der Waals surface area contributed by atoms with Gasteiger partial charge in [0.2, 0.25) is 0 Å². The van der Waals surface area contributed by atoms with Crippen LogP contribution >= 0.6 is 0 Å². The Labute approximate surface area is 198 Å². The summed E-state index contributed by atoms with van der Waals surface area (Å²) in [5.41, 5.74) is 1.86. The van der Waals surface area contributed by atoms with Crippen molar-refractivity contribution in [2.45, 2.75) is 72.4 Å². The van der Waals surface area contributed by atoms with Crippen LogP contribution in [0.25, 0.3) is 0 Å². The Balaban J connectivity index is 2.61. The molecule has 1 saturated heterocycles. The van der Waals surface area contributed by atoms with Gasteiger partial charge in [-0.25, -0.2) is 19.6 Å². The number of aromatic nitrogens is 2. The summed E-state index contributed by atoms with van der Waals surface area (Å²) in [5, 5.41) is 3.30. The fourth-order valence-corrected chi connectivity index (χ4v) is 3.27. The molecule has 2 rings (SSSR count). The monoisotopic (exact) mass is 475 g/mol. The molecular weight excluding hydrogens is 438 g/mol. The van der Waals surface area contributed by atoms with E-state index in [4.69, 9.17) is 14.5 Å². The van der Waals surface area contributed by atoms with E-state index in [0.717, 1.165) is 31.1 Å². The van der Waals surface area contributed by atoms with Gasteiger partial charge in [-0.15, -0.1) is 5.54 Å². The molecule has 1 aliphatic rings. The number of ether oxygens (including phenoxy) is 2. The van der Waals surface area contributed by atoms with Gasteiger partial charge < -0.3 is 19.7 Å². The zero-order valence-corrected chi connectivity index (χ0v) is 22.3. The van der Waals surface area contributed by atoms with E-state index in [1.165, 1.54) is 0 Å². The third-order valence-electron chi connectivity index (χ3n) is 4.10. The van der Waals surface area contributed by atoms with Crippen molar-refractivity contribution in [2.75, 3.05) is 36.0 Å². The van der Waals surface area contributed by atoms with E-state index in [2.05, 4.69) is 46.3 Å². The smallest absolute Gasteiger partial charge is 0.425 e. The molecule has 33 heavy (non-hydrogen) atoms. The maximum Gasteiger partial charge on any atom is 0.425 e. The summed E-state index contributed by atoms with van der Waals surface area (Å²) < 4.78 is 11.0. The van der Waals surface area contributed by atoms with Crippen molar-refractivity contribution in [1.29, 1.82) is 0 Å². The first-order chi connectivity index (χ1) is 15.1. The van der Waals surface area contributed by atoms with Crippen LogP contribution in [-0.4, -0.2) is 67.6 Å². The minimum Gasteiger partial charge on any atom is -0.443 e. The Morgan fingerprint density at radius 3 is 2.00 bits per heavy atom. The highest BCUT2D eigenvalue weighted by Gasteiger charge is 2.35. The van der Waals surface area contributed by atoms with Crippen molar-refractivity contribution in [3.63, 3.8) is 0 Å². The number of nitrogens with zero attached hydrogens (tertiary/aromatic N) is 4. The van der Waals surface area contributed by atoms with Crippen LogP contribution in [0.4, 0.5) is 21.2 Å². The van der Waals surface area contributed by atoms with Gasteiger partial charge in [0.15, 0.2) is 11.5 Å². The molecule has 0 bridgehead atoms. The van der Waals surface area contributed by atoms with Gasteiger partial charge in [-0.05, 0) is 41.5 Å². The Morgan fingerprint density at radius 1 is 1.03 bits per heavy atom. The fraction of sp³-hybridized carbons (Fsp3) is 0.652. The number of carbonyl (C=O) groups excluding carboxylic acids is 2. The maximum atomic E-state index is 13.1. The molecule has 1 aromatic rings. The van der Waals surface area contributed by atoms with Gasteiger partial charge in [-0.1, -0.05) is 25.6 Å². The predicted octanol–water partition coefficient (Wildman–Crippen LogP) is 3.79. The Bertz CT molecular complexity index is 901. The first kappa shape index (κ1) is 26.6. The molecule has 0 atom stereocenters. The third-order valence-corrected chi connectivity index (χ3v) is 4.98. The predicted molar refractivity (Wildman–Crippen MR) is 132 cm³/mol. The van der Waals surface area contributed by atoms with E-state index < -0.39 is 31.5 Å². The van der Waals surface area contributed by atoms with Gasteiger partial charge in [0.1, 0.15) is 25.1 Å². The molecule has 0 aromatic carbocycles. The van der Waals surface area contributed by atoms with E-state index in [-0.39, 0.29) is 11.5 Å². The average molecular weight is 476 g/mol. The van der Waals surface area contributed by atoms with E-state index in [0.29, 0.717) is 5.82 Å². The second-order valence-corrected chi connectivity index (χ2v) is 15.7. The fourth-order valence-electron chi connectivity index (χ4n) is 2.78. The molecule has 1 aliphatic heterocycles. The molecule has 2 heterocycles. The zero-order valence-electron chi connectivity index (χ0n) is 21.3. The van der Waals surface area contributed by atoms with Gasteiger partial charge in [0.05, 0.1) is 6.20 Å². The second-order valence-electron chi connectivity index (χ2n) is 10.9. The molecular formula is C23H37N5O4Si. The topological polar surface area (TPSA) is 96.9 Å². The lowest BCUT2D eigenvalue weighted by Gasteiger charge is -2.30. The average Bonchev–Trinajstić information content (AvgIpc) is 2.64. The molecule has 9 nitrogen and oxygen atoms in total. The van der Waals surface area contributed by atoms with Crippen molar-refractivity contribution in [1.82, 2.24) is 15.3 Å². The molecule has 182 valence electrons. The molecule has 10 heteroatoms. The number of imide groups is 1. The standard InChI is InChI=1S/C23H37N5O4Si/c1-22(2,3)31-20(29)28(21(30)32-23(4,5)6)19-17(10-15-33(7,8)9)26-18(16-25-19)27-13-11-24-12-14-27/h16,24H,11-14H2,1-9H3. The lowest BCUT2D eigenvalue weighted by molar-refractivity contribution is 0.0428. The zero-order chi connectivity index (χ0) is 25.0. The second kappa shape index (κ2) is 10.1. The number of rotatable bonds is 2. The summed E-state index contributed by atoms with van der Waals surface area (Å²) in [4.78, 5) is 38.3. The van der Waals surface area contributed by atoms with Gasteiger partial charge in [0.25, 0.3) is 0 Å². The summed E-state index contributed by atoms with van der Waals surface area (Å²) >= 11 is 0. The van der Waals surface area contributed by atoms with Crippen LogP contribution in [-0.2, 0) is 9.47 Å². The van der Waals surface area contributed by atoms with Crippen molar-refractivity contribution >= 4 is 31.9 Å². The summed E-state index contributed by atoms with van der Waals surface area (Å²) in [7, 11) is -1.79. The molecule has 2 amide bonds. The van der Waals surface area contributed by atoms with Crippen LogP contribution in [0.15, 0.2) is 6.20 Å². The molecule has 1 aromatic heterocycles. The highest BCUT2D eigenvalue weighted by atomic mass is 28.3. The maximum absolute atomic E-state index is 13.1. The number of nitrogens with one attached hydrogen (secondary N) is 1. The summed E-state index contributed by atoms with van der Waals surface area (Å²) in [6.45, 7) is 19.9. The van der Waals surface area contributed by atoms with Crippen molar-refractivity contribution < 1.29 is 19.1 Å². The number of hydrogen-bond donors (Lipinski definition) is 1. The summed E-state index contributed by atoms with van der Waals surface area (Å²) in [6, 6.07) is 0. The largest absolute Gasteiger partial charge is 0.443 e. The van der Waals surface area contributed by atoms with Crippen LogP contribution < -0.4 is 15.1 Å². The highest BCUT2D eigenvalue weighted by molar-refractivity contribution is 6.83. The Kier molecular flexibility index (Phi) is 8.14. The molecule has 0 spiro atoms. The number of hydrogen-bond acceptors (Lipinski definition) is 8. The lowest BCUT2D eigenvalue weighted by Crippen LogP contribution is -2.45. The van der Waals surface area contributed by atoms with Crippen LogP contribution in [0, 0.1) is 11.5 Å². The normalized spacial score (nSPS) is 14.8. The Morgan fingerprint density at radius 2 is 1.55 bits per heavy atom. The molecule has 1 N–H and O–H groups in total. The number of amides is 2. The molecule has 0 unspecified atom stereocenters. The van der Waals surface area contributed by atoms with E-state index in [1.807, 2.05) is 0 Å². The summed E-state index contributed by atoms with van der Waals surface area (Å²) in [5.74, 6) is 3.74. The number of piperazine rings is 1. The van der Waals surface area contributed by atoms with Crippen LogP contribution in [0.5, 0.6) is 0 Å². The summed E-state index contributed by atoms with van der Waals surface area (Å²) in [6.07, 6.45) is -0.226. The molecule has 0 saturated carbocycles. The van der Waals surface area contributed by atoms with Crippen molar-refractivity contribution in [3.05, 3.63) is 11.9 Å². The third kappa shape index (κ3) is 8.66. The quantitative estimate of drug-likeness (QED) is 0.510. The van der Waals surface area contributed by atoms with E-state index in [1.54, 1.807) is 47.7 Å². The first-order valence-electron chi connectivity index (χ1n) is 11.2. The van der Waals surface area contributed by atoms with Crippen molar-refractivity contribution in [3.8, 4) is 11.5 Å². The number of carbonyl (C=O) groups is 2. The lowest BCUT2D eigenvalue weighted by atomic mass is 10.2. The molecule has 1 fully saturated rings. The van der Waals surface area contributed by atoms with Gasteiger partial charge in [0, 0.05) is 26.2 Å². The highest BCUT2D eigenvalue weighted by Crippen LogP contribution is 2.24. The Hall–Kier alpha value is -2.64.